The predicted molar refractivity (Wildman–Crippen MR) is 77.7 cm³/mol. The van der Waals surface area contributed by atoms with Crippen molar-refractivity contribution >= 4 is 17.3 Å². The molecule has 0 aromatic carbocycles. The van der Waals surface area contributed by atoms with Crippen molar-refractivity contribution < 1.29 is 20.1 Å². The molecule has 1 aliphatic heterocycles. The molecule has 7 N–H and O–H groups in total. The van der Waals surface area contributed by atoms with Gasteiger partial charge in [0.25, 0.3) is 0 Å². The van der Waals surface area contributed by atoms with Crippen LogP contribution in [-0.2, 0) is 10.3 Å². The Balaban J connectivity index is 2.27. The number of aliphatic hydroxyl groups is 3. The molecule has 1 saturated heterocycles. The molecule has 3 rings (SSSR count). The van der Waals surface area contributed by atoms with Crippen LogP contribution in [0.3, 0.4) is 0 Å². The van der Waals surface area contributed by atoms with E-state index in [1.54, 1.807) is 12.1 Å². The highest BCUT2D eigenvalue weighted by atomic mass is 16.6. The summed E-state index contributed by atoms with van der Waals surface area (Å²) >= 11 is 0. The van der Waals surface area contributed by atoms with Crippen LogP contribution >= 0.6 is 0 Å². The Morgan fingerprint density at radius 1 is 1.48 bits per heavy atom. The van der Waals surface area contributed by atoms with Crippen LogP contribution in [0.4, 0.5) is 11.8 Å². The molecule has 0 radical (unpaired) electrons. The average Bonchev–Trinajstić information content (AvgIpc) is 3.02. The Kier molecular flexibility index (Phi) is 3.20. The first kappa shape index (κ1) is 15.4. The first-order valence-electron chi connectivity index (χ1n) is 6.80. The summed E-state index contributed by atoms with van der Waals surface area (Å²) in [5.41, 5.74) is 8.05. The van der Waals surface area contributed by atoms with Crippen LogP contribution in [0, 0.1) is 11.3 Å². The lowest BCUT2D eigenvalue weighted by Gasteiger charge is -2.33. The van der Waals surface area contributed by atoms with Crippen molar-refractivity contribution in [2.24, 2.45) is 0 Å². The molecule has 0 spiro atoms. The van der Waals surface area contributed by atoms with Gasteiger partial charge in [-0.25, -0.2) is 4.52 Å². The van der Waals surface area contributed by atoms with Crippen LogP contribution in [0.15, 0.2) is 12.1 Å². The van der Waals surface area contributed by atoms with E-state index in [-0.39, 0.29) is 17.5 Å². The number of aliphatic hydroxyl groups excluding tert-OH is 2. The van der Waals surface area contributed by atoms with Crippen LogP contribution in [0.2, 0.25) is 0 Å². The zero-order chi connectivity index (χ0) is 17.0. The molecule has 10 heteroatoms. The van der Waals surface area contributed by atoms with Gasteiger partial charge in [-0.15, -0.1) is 5.10 Å². The molecule has 3 heterocycles. The number of aromatic nitrogens is 3. The molecule has 10 nitrogen and oxygen atoms in total. The molecule has 0 bridgehead atoms. The van der Waals surface area contributed by atoms with E-state index in [1.165, 1.54) is 17.5 Å². The summed E-state index contributed by atoms with van der Waals surface area (Å²) in [7, 11) is 0. The fourth-order valence-corrected chi connectivity index (χ4v) is 2.97. The van der Waals surface area contributed by atoms with E-state index in [4.69, 9.17) is 16.2 Å². The van der Waals surface area contributed by atoms with Gasteiger partial charge in [0.2, 0.25) is 11.5 Å². The second-order valence-electron chi connectivity index (χ2n) is 5.57. The van der Waals surface area contributed by atoms with Crippen molar-refractivity contribution in [1.29, 1.82) is 5.26 Å². The molecule has 0 unspecified atom stereocenters. The molecule has 0 amide bonds. The van der Waals surface area contributed by atoms with Gasteiger partial charge < -0.3 is 31.5 Å². The Morgan fingerprint density at radius 3 is 2.78 bits per heavy atom. The summed E-state index contributed by atoms with van der Waals surface area (Å²) in [4.78, 5) is 3.83. The maximum atomic E-state index is 10.7. The van der Waals surface area contributed by atoms with Gasteiger partial charge in [0.1, 0.15) is 23.8 Å². The van der Waals surface area contributed by atoms with Gasteiger partial charge in [-0.05, 0) is 19.1 Å². The first-order valence-corrected chi connectivity index (χ1v) is 6.80. The smallest absolute Gasteiger partial charge is 0.240 e. The Hall–Kier alpha value is -2.45. The summed E-state index contributed by atoms with van der Waals surface area (Å²) < 4.78 is 6.91. The van der Waals surface area contributed by atoms with Gasteiger partial charge >= 0.3 is 0 Å². The molecule has 0 saturated carbocycles. The van der Waals surface area contributed by atoms with Gasteiger partial charge in [-0.2, -0.15) is 10.2 Å². The molecule has 0 aliphatic carbocycles. The van der Waals surface area contributed by atoms with Gasteiger partial charge in [0.05, 0.1) is 12.3 Å². The lowest BCUT2D eigenvalue weighted by atomic mass is 9.80. The first-order chi connectivity index (χ1) is 10.8. The predicted octanol–water partition coefficient (Wildman–Crippen LogP) is -1.88. The van der Waals surface area contributed by atoms with Crippen molar-refractivity contribution in [2.75, 3.05) is 18.1 Å². The van der Waals surface area contributed by atoms with E-state index in [9.17, 15) is 20.6 Å². The van der Waals surface area contributed by atoms with Crippen molar-refractivity contribution in [2.45, 2.75) is 30.3 Å². The largest absolute Gasteiger partial charge is 0.394 e. The highest BCUT2D eigenvalue weighted by Crippen LogP contribution is 2.47. The normalized spacial score (nSPS) is 33.9. The van der Waals surface area contributed by atoms with Crippen molar-refractivity contribution in [3.63, 3.8) is 0 Å². The minimum Gasteiger partial charge on any atom is -0.394 e. The molecule has 122 valence electrons. The van der Waals surface area contributed by atoms with E-state index < -0.39 is 30.0 Å². The highest BCUT2D eigenvalue weighted by Gasteiger charge is 2.65. The molecule has 1 aliphatic rings. The Bertz CT molecular complexity index is 817. The number of rotatable bonds is 2. The quantitative estimate of drug-likeness (QED) is 0.396. The average molecular weight is 320 g/mol. The second kappa shape index (κ2) is 4.77. The number of fused-ring (bicyclic) bond motifs is 1. The monoisotopic (exact) mass is 320 g/mol. The van der Waals surface area contributed by atoms with Gasteiger partial charge in [0.15, 0.2) is 11.4 Å². The SMILES string of the molecule is C[C@@]1(c2ccc3c(N)nc(N)nn23)O[C@H](CO)[C@@H](O)[C@]1(O)C#N. The zero-order valence-electron chi connectivity index (χ0n) is 12.2. The molecule has 4 atom stereocenters. The number of hydrogen-bond acceptors (Lipinski definition) is 9. The number of hydrogen-bond donors (Lipinski definition) is 5. The number of ether oxygens (including phenoxy) is 1. The molecule has 2 aromatic heterocycles. The van der Waals surface area contributed by atoms with E-state index in [2.05, 4.69) is 10.1 Å². The maximum Gasteiger partial charge on any atom is 0.240 e. The van der Waals surface area contributed by atoms with Crippen LogP contribution in [0.25, 0.3) is 5.52 Å². The molecule has 1 fully saturated rings. The highest BCUT2D eigenvalue weighted by molar-refractivity contribution is 5.67. The van der Waals surface area contributed by atoms with E-state index in [0.29, 0.717) is 5.52 Å². The number of nitrogens with zero attached hydrogens (tertiary/aromatic N) is 4. The zero-order valence-corrected chi connectivity index (χ0v) is 12.2. The minimum atomic E-state index is -2.30. The summed E-state index contributed by atoms with van der Waals surface area (Å²) in [6, 6.07) is 4.79. The summed E-state index contributed by atoms with van der Waals surface area (Å²) in [6.45, 7) is 0.856. The van der Waals surface area contributed by atoms with E-state index >= 15 is 0 Å². The fourth-order valence-electron chi connectivity index (χ4n) is 2.97. The Labute approximate surface area is 130 Å². The van der Waals surface area contributed by atoms with Crippen molar-refractivity contribution in [3.05, 3.63) is 17.8 Å². The number of anilines is 2. The fraction of sp³-hybridized carbons (Fsp3) is 0.462. The summed E-state index contributed by atoms with van der Waals surface area (Å²) in [5, 5.41) is 43.6. The van der Waals surface area contributed by atoms with Crippen LogP contribution in [0.5, 0.6) is 0 Å². The van der Waals surface area contributed by atoms with Gasteiger partial charge in [0, 0.05) is 0 Å². The lowest BCUT2D eigenvalue weighted by Crippen LogP contribution is -2.52. The third-order valence-corrected chi connectivity index (χ3v) is 4.29. The maximum absolute atomic E-state index is 10.7. The third kappa shape index (κ3) is 1.82. The number of nitrogen functional groups attached to an aromatic ring is 2. The van der Waals surface area contributed by atoms with Crippen molar-refractivity contribution in [1.82, 2.24) is 14.6 Å². The topological polar surface area (TPSA) is 176 Å². The lowest BCUT2D eigenvalue weighted by molar-refractivity contribution is -0.115. The van der Waals surface area contributed by atoms with Crippen LogP contribution < -0.4 is 11.5 Å². The van der Waals surface area contributed by atoms with Crippen LogP contribution in [0.1, 0.15) is 12.6 Å². The summed E-state index contributed by atoms with van der Waals surface area (Å²) in [5.74, 6) is 0.0129. The molecule has 23 heavy (non-hydrogen) atoms. The van der Waals surface area contributed by atoms with E-state index in [1.807, 2.05) is 0 Å². The number of nitrogens with two attached hydrogens (primary N) is 2. The van der Waals surface area contributed by atoms with Crippen LogP contribution in [-0.4, -0.2) is 54.3 Å². The standard InChI is InChI=1S/C13H16N6O4/c1-12(13(22,5-14)9(21)7(4-20)23-12)8-3-2-6-10(15)17-11(16)18-19(6)8/h2-3,7,9,20-22H,4H2,1H3,(H4,15,16,17,18)/t7-,9-,12+,13-/m1/s1. The van der Waals surface area contributed by atoms with Gasteiger partial charge in [-0.1, -0.05) is 0 Å². The van der Waals surface area contributed by atoms with Gasteiger partial charge in [-0.3, -0.25) is 0 Å². The van der Waals surface area contributed by atoms with E-state index in [0.717, 1.165) is 0 Å². The number of nitriles is 1. The second-order valence-corrected chi connectivity index (χ2v) is 5.57. The Morgan fingerprint density at radius 2 is 2.17 bits per heavy atom. The molecular formula is C13H16N6O4. The van der Waals surface area contributed by atoms with Crippen molar-refractivity contribution in [3.8, 4) is 6.07 Å². The molecule has 2 aromatic rings. The molecular weight excluding hydrogens is 304 g/mol. The minimum absolute atomic E-state index is 0.103. The third-order valence-electron chi connectivity index (χ3n) is 4.29. The summed E-state index contributed by atoms with van der Waals surface area (Å²) in [6.07, 6.45) is -2.74.